The van der Waals surface area contributed by atoms with Crippen LogP contribution in [0.15, 0.2) is 18.2 Å². The number of hydrogen-bond donors (Lipinski definition) is 1. The number of hydrogen-bond acceptors (Lipinski definition) is 3. The highest BCUT2D eigenvalue weighted by Gasteiger charge is 2.12. The number of rotatable bonds is 5. The molecular formula is C13H20O3. The molecule has 90 valence electrons. The number of methoxy groups -OCH3 is 2. The van der Waals surface area contributed by atoms with Crippen LogP contribution in [0.4, 0.5) is 0 Å². The molecule has 1 N–H and O–H groups in total. The van der Waals surface area contributed by atoms with Crippen LogP contribution in [0.5, 0.6) is 11.5 Å². The quantitative estimate of drug-likeness (QED) is 0.835. The molecule has 0 bridgehead atoms. The molecule has 0 spiro atoms. The third kappa shape index (κ3) is 3.14. The van der Waals surface area contributed by atoms with E-state index in [2.05, 4.69) is 13.8 Å². The lowest BCUT2D eigenvalue weighted by Crippen LogP contribution is -2.02. The second kappa shape index (κ2) is 5.75. The maximum Gasteiger partial charge on any atom is 0.161 e. The van der Waals surface area contributed by atoms with Crippen molar-refractivity contribution in [3.8, 4) is 11.5 Å². The average Bonchev–Trinajstić information content (AvgIpc) is 2.27. The lowest BCUT2D eigenvalue weighted by atomic mass is 9.99. The normalized spacial score (nSPS) is 12.6. The summed E-state index contributed by atoms with van der Waals surface area (Å²) in [7, 11) is 3.19. The first-order valence-electron chi connectivity index (χ1n) is 5.48. The molecule has 3 nitrogen and oxygen atoms in total. The Bertz CT molecular complexity index is 334. The van der Waals surface area contributed by atoms with Crippen molar-refractivity contribution >= 4 is 0 Å². The molecule has 0 aliphatic rings. The Kier molecular flexibility index (Phi) is 4.62. The van der Waals surface area contributed by atoms with Crippen LogP contribution in [0, 0.1) is 5.92 Å². The van der Waals surface area contributed by atoms with Gasteiger partial charge in [-0.3, -0.25) is 0 Å². The summed E-state index contributed by atoms with van der Waals surface area (Å²) in [5.74, 6) is 1.80. The molecule has 1 aromatic carbocycles. The molecule has 0 aromatic heterocycles. The second-order valence-electron chi connectivity index (χ2n) is 4.26. The molecule has 16 heavy (non-hydrogen) atoms. The average molecular weight is 224 g/mol. The fraction of sp³-hybridized carbons (Fsp3) is 0.538. The van der Waals surface area contributed by atoms with Crippen LogP contribution in [-0.2, 0) is 0 Å². The first kappa shape index (κ1) is 12.8. The number of ether oxygens (including phenoxy) is 2. The van der Waals surface area contributed by atoms with Gasteiger partial charge in [-0.05, 0) is 30.0 Å². The molecular weight excluding hydrogens is 204 g/mol. The lowest BCUT2D eigenvalue weighted by Gasteiger charge is -2.15. The minimum Gasteiger partial charge on any atom is -0.493 e. The summed E-state index contributed by atoms with van der Waals surface area (Å²) in [6.45, 7) is 4.17. The van der Waals surface area contributed by atoms with Gasteiger partial charge in [0.25, 0.3) is 0 Å². The topological polar surface area (TPSA) is 38.7 Å². The van der Waals surface area contributed by atoms with E-state index >= 15 is 0 Å². The maximum atomic E-state index is 9.98. The Morgan fingerprint density at radius 3 is 2.25 bits per heavy atom. The Morgan fingerprint density at radius 1 is 1.12 bits per heavy atom. The SMILES string of the molecule is COc1ccc(C(O)CC(C)C)cc1OC. The van der Waals surface area contributed by atoms with E-state index in [0.717, 1.165) is 12.0 Å². The first-order chi connectivity index (χ1) is 7.58. The van der Waals surface area contributed by atoms with Crippen LogP contribution in [0.1, 0.15) is 31.9 Å². The highest BCUT2D eigenvalue weighted by atomic mass is 16.5. The molecule has 0 fully saturated rings. The van der Waals surface area contributed by atoms with Gasteiger partial charge in [0.05, 0.1) is 20.3 Å². The molecule has 0 aliphatic heterocycles. The second-order valence-corrected chi connectivity index (χ2v) is 4.26. The molecule has 0 saturated carbocycles. The highest BCUT2D eigenvalue weighted by molar-refractivity contribution is 5.43. The van der Waals surface area contributed by atoms with Crippen molar-refractivity contribution in [2.24, 2.45) is 5.92 Å². The van der Waals surface area contributed by atoms with E-state index in [9.17, 15) is 5.11 Å². The van der Waals surface area contributed by atoms with Crippen molar-refractivity contribution in [1.29, 1.82) is 0 Å². The van der Waals surface area contributed by atoms with E-state index in [4.69, 9.17) is 9.47 Å². The molecule has 0 heterocycles. The van der Waals surface area contributed by atoms with E-state index in [1.54, 1.807) is 14.2 Å². The van der Waals surface area contributed by atoms with Crippen LogP contribution < -0.4 is 9.47 Å². The molecule has 3 heteroatoms. The monoisotopic (exact) mass is 224 g/mol. The van der Waals surface area contributed by atoms with Crippen LogP contribution in [-0.4, -0.2) is 19.3 Å². The smallest absolute Gasteiger partial charge is 0.161 e. The van der Waals surface area contributed by atoms with Gasteiger partial charge in [0.15, 0.2) is 11.5 Å². The Labute approximate surface area is 97.0 Å². The van der Waals surface area contributed by atoms with Crippen molar-refractivity contribution in [3.05, 3.63) is 23.8 Å². The van der Waals surface area contributed by atoms with Gasteiger partial charge >= 0.3 is 0 Å². The van der Waals surface area contributed by atoms with E-state index in [0.29, 0.717) is 17.4 Å². The summed E-state index contributed by atoms with van der Waals surface area (Å²) in [5, 5.41) is 9.98. The van der Waals surface area contributed by atoms with Crippen molar-refractivity contribution in [2.75, 3.05) is 14.2 Å². The van der Waals surface area contributed by atoms with E-state index in [-0.39, 0.29) is 0 Å². The van der Waals surface area contributed by atoms with Crippen molar-refractivity contribution < 1.29 is 14.6 Å². The Hall–Kier alpha value is -1.22. The predicted molar refractivity (Wildman–Crippen MR) is 64.0 cm³/mol. The van der Waals surface area contributed by atoms with E-state index < -0.39 is 6.10 Å². The number of aliphatic hydroxyl groups is 1. The van der Waals surface area contributed by atoms with Gasteiger partial charge in [0.2, 0.25) is 0 Å². The number of aliphatic hydroxyl groups excluding tert-OH is 1. The van der Waals surface area contributed by atoms with Gasteiger partial charge in [-0.2, -0.15) is 0 Å². The van der Waals surface area contributed by atoms with Gasteiger partial charge in [-0.25, -0.2) is 0 Å². The Morgan fingerprint density at radius 2 is 1.75 bits per heavy atom. The van der Waals surface area contributed by atoms with E-state index in [1.807, 2.05) is 18.2 Å². The molecule has 1 unspecified atom stereocenters. The van der Waals surface area contributed by atoms with Crippen molar-refractivity contribution in [3.63, 3.8) is 0 Å². The Balaban J connectivity index is 2.89. The minimum atomic E-state index is -0.445. The first-order valence-corrected chi connectivity index (χ1v) is 5.48. The fourth-order valence-corrected chi connectivity index (χ4v) is 1.64. The van der Waals surface area contributed by atoms with Crippen LogP contribution in [0.25, 0.3) is 0 Å². The van der Waals surface area contributed by atoms with Crippen LogP contribution in [0.3, 0.4) is 0 Å². The van der Waals surface area contributed by atoms with Crippen molar-refractivity contribution in [1.82, 2.24) is 0 Å². The molecule has 0 radical (unpaired) electrons. The van der Waals surface area contributed by atoms with Crippen LogP contribution >= 0.6 is 0 Å². The summed E-state index contributed by atoms with van der Waals surface area (Å²) >= 11 is 0. The third-order valence-corrected chi connectivity index (χ3v) is 2.49. The largest absolute Gasteiger partial charge is 0.493 e. The predicted octanol–water partition coefficient (Wildman–Crippen LogP) is 2.78. The van der Waals surface area contributed by atoms with Gasteiger partial charge in [0.1, 0.15) is 0 Å². The maximum absolute atomic E-state index is 9.98. The van der Waals surface area contributed by atoms with Gasteiger partial charge < -0.3 is 14.6 Å². The summed E-state index contributed by atoms with van der Waals surface area (Å²) in [4.78, 5) is 0. The molecule has 1 aromatic rings. The molecule has 0 aliphatic carbocycles. The summed E-state index contributed by atoms with van der Waals surface area (Å²) in [6, 6.07) is 5.51. The zero-order valence-corrected chi connectivity index (χ0v) is 10.4. The summed E-state index contributed by atoms with van der Waals surface area (Å²) < 4.78 is 10.3. The molecule has 1 rings (SSSR count). The molecule has 1 atom stereocenters. The standard InChI is InChI=1S/C13H20O3/c1-9(2)7-11(14)10-5-6-12(15-3)13(8-10)16-4/h5-6,8-9,11,14H,7H2,1-4H3. The summed E-state index contributed by atoms with van der Waals surface area (Å²) in [5.41, 5.74) is 0.867. The minimum absolute atomic E-state index is 0.445. The lowest BCUT2D eigenvalue weighted by molar-refractivity contribution is 0.150. The van der Waals surface area contributed by atoms with Crippen molar-refractivity contribution in [2.45, 2.75) is 26.4 Å². The van der Waals surface area contributed by atoms with Crippen LogP contribution in [0.2, 0.25) is 0 Å². The fourth-order valence-electron chi connectivity index (χ4n) is 1.64. The zero-order chi connectivity index (χ0) is 12.1. The van der Waals surface area contributed by atoms with Gasteiger partial charge in [0, 0.05) is 0 Å². The molecule has 0 saturated heterocycles. The van der Waals surface area contributed by atoms with E-state index in [1.165, 1.54) is 0 Å². The highest BCUT2D eigenvalue weighted by Crippen LogP contribution is 2.31. The molecule has 0 amide bonds. The zero-order valence-electron chi connectivity index (χ0n) is 10.4. The summed E-state index contributed by atoms with van der Waals surface area (Å²) in [6.07, 6.45) is 0.301. The third-order valence-electron chi connectivity index (χ3n) is 2.49. The van der Waals surface area contributed by atoms with Gasteiger partial charge in [-0.15, -0.1) is 0 Å². The number of benzene rings is 1. The van der Waals surface area contributed by atoms with Gasteiger partial charge in [-0.1, -0.05) is 19.9 Å².